The zero-order chi connectivity index (χ0) is 23.5. The van der Waals surface area contributed by atoms with Gasteiger partial charge in [0.05, 0.1) is 0 Å². The maximum absolute atomic E-state index is 12.8. The summed E-state index contributed by atoms with van der Waals surface area (Å²) < 4.78 is 12.6. The SMILES string of the molecule is N#C/C(=C\c1cn(CC(=O)N2CCCC2)c2ccccc12)C(=O)NCc1ccc2c(c1)OCO2. The second kappa shape index (κ2) is 9.32. The fraction of sp³-hybridized carbons (Fsp3) is 0.269. The van der Waals surface area contributed by atoms with E-state index in [1.54, 1.807) is 12.1 Å². The number of fused-ring (bicyclic) bond motifs is 2. The van der Waals surface area contributed by atoms with Crippen molar-refractivity contribution >= 4 is 28.8 Å². The summed E-state index contributed by atoms with van der Waals surface area (Å²) in [6.45, 7) is 2.26. The summed E-state index contributed by atoms with van der Waals surface area (Å²) in [5.74, 6) is 0.923. The number of amides is 2. The van der Waals surface area contributed by atoms with Crippen LogP contribution in [0.15, 0.2) is 54.2 Å². The minimum absolute atomic E-state index is 0.00508. The van der Waals surface area contributed by atoms with Crippen LogP contribution in [0.3, 0.4) is 0 Å². The van der Waals surface area contributed by atoms with Crippen molar-refractivity contribution < 1.29 is 19.1 Å². The Kier molecular flexibility index (Phi) is 5.91. The monoisotopic (exact) mass is 456 g/mol. The van der Waals surface area contributed by atoms with E-state index in [0.717, 1.165) is 48.0 Å². The van der Waals surface area contributed by atoms with Crippen LogP contribution in [0.4, 0.5) is 0 Å². The third kappa shape index (κ3) is 4.33. The van der Waals surface area contributed by atoms with Crippen molar-refractivity contribution in [3.05, 3.63) is 65.4 Å². The first kappa shape index (κ1) is 21.6. The number of ether oxygens (including phenoxy) is 2. The Balaban J connectivity index is 1.35. The molecule has 0 unspecified atom stereocenters. The van der Waals surface area contributed by atoms with Crippen LogP contribution < -0.4 is 14.8 Å². The molecule has 0 spiro atoms. The number of hydrogen-bond donors (Lipinski definition) is 1. The zero-order valence-corrected chi connectivity index (χ0v) is 18.6. The number of para-hydroxylation sites is 1. The number of aromatic nitrogens is 1. The predicted molar refractivity (Wildman–Crippen MR) is 126 cm³/mol. The smallest absolute Gasteiger partial charge is 0.262 e. The van der Waals surface area contributed by atoms with Crippen molar-refractivity contribution in [3.63, 3.8) is 0 Å². The van der Waals surface area contributed by atoms with Gasteiger partial charge in [-0.15, -0.1) is 0 Å². The van der Waals surface area contributed by atoms with Crippen LogP contribution in [-0.4, -0.2) is 41.2 Å². The van der Waals surface area contributed by atoms with Crippen LogP contribution in [0.1, 0.15) is 24.0 Å². The number of carbonyl (C=O) groups excluding carboxylic acids is 2. The fourth-order valence-electron chi connectivity index (χ4n) is 4.37. The number of nitriles is 1. The molecule has 0 saturated carbocycles. The van der Waals surface area contributed by atoms with Crippen molar-refractivity contribution in [3.8, 4) is 17.6 Å². The lowest BCUT2D eigenvalue weighted by molar-refractivity contribution is -0.130. The molecule has 3 heterocycles. The largest absolute Gasteiger partial charge is 0.454 e. The lowest BCUT2D eigenvalue weighted by Gasteiger charge is -2.15. The summed E-state index contributed by atoms with van der Waals surface area (Å²) >= 11 is 0. The summed E-state index contributed by atoms with van der Waals surface area (Å²) in [6.07, 6.45) is 5.49. The van der Waals surface area contributed by atoms with Gasteiger partial charge in [0, 0.05) is 42.3 Å². The molecule has 172 valence electrons. The first-order chi connectivity index (χ1) is 16.6. The average Bonchev–Trinajstić information content (AvgIpc) is 3.61. The molecule has 5 rings (SSSR count). The molecular weight excluding hydrogens is 432 g/mol. The van der Waals surface area contributed by atoms with Crippen molar-refractivity contribution in [2.24, 2.45) is 0 Å². The van der Waals surface area contributed by atoms with Crippen LogP contribution in [-0.2, 0) is 22.7 Å². The van der Waals surface area contributed by atoms with Gasteiger partial charge in [-0.3, -0.25) is 9.59 Å². The van der Waals surface area contributed by atoms with Crippen LogP contribution in [0, 0.1) is 11.3 Å². The van der Waals surface area contributed by atoms with E-state index in [2.05, 4.69) is 5.32 Å². The number of benzene rings is 2. The van der Waals surface area contributed by atoms with Crippen molar-refractivity contribution in [2.75, 3.05) is 19.9 Å². The van der Waals surface area contributed by atoms with E-state index in [1.807, 2.05) is 58.1 Å². The number of rotatable bonds is 6. The molecule has 2 aliphatic rings. The molecule has 2 aromatic carbocycles. The molecule has 0 atom stereocenters. The topological polar surface area (TPSA) is 96.6 Å². The molecule has 8 heteroatoms. The summed E-state index contributed by atoms with van der Waals surface area (Å²) in [4.78, 5) is 27.3. The van der Waals surface area contributed by atoms with Gasteiger partial charge in [-0.25, -0.2) is 0 Å². The molecule has 34 heavy (non-hydrogen) atoms. The lowest BCUT2D eigenvalue weighted by Crippen LogP contribution is -2.30. The van der Waals surface area contributed by atoms with Gasteiger partial charge in [0.2, 0.25) is 12.7 Å². The van der Waals surface area contributed by atoms with Gasteiger partial charge in [-0.2, -0.15) is 5.26 Å². The van der Waals surface area contributed by atoms with Gasteiger partial charge < -0.3 is 24.3 Å². The van der Waals surface area contributed by atoms with Gasteiger partial charge in [0.25, 0.3) is 5.91 Å². The van der Waals surface area contributed by atoms with Crippen LogP contribution in [0.25, 0.3) is 17.0 Å². The Labute approximate surface area is 197 Å². The second-order valence-electron chi connectivity index (χ2n) is 8.36. The molecule has 2 amide bonds. The Bertz CT molecular complexity index is 1330. The summed E-state index contributed by atoms with van der Waals surface area (Å²) in [5, 5.41) is 13.3. The number of nitrogens with one attached hydrogen (secondary N) is 1. The Hall–Kier alpha value is -4.25. The van der Waals surface area contributed by atoms with Crippen LogP contribution in [0.5, 0.6) is 11.5 Å². The molecule has 1 fully saturated rings. The maximum Gasteiger partial charge on any atom is 0.262 e. The first-order valence-electron chi connectivity index (χ1n) is 11.3. The highest BCUT2D eigenvalue weighted by Gasteiger charge is 2.20. The molecule has 0 bridgehead atoms. The highest BCUT2D eigenvalue weighted by molar-refractivity contribution is 6.04. The van der Waals surface area contributed by atoms with Crippen LogP contribution >= 0.6 is 0 Å². The van der Waals surface area contributed by atoms with Crippen molar-refractivity contribution in [2.45, 2.75) is 25.9 Å². The Morgan fingerprint density at radius 2 is 1.88 bits per heavy atom. The number of carbonyl (C=O) groups is 2. The minimum Gasteiger partial charge on any atom is -0.454 e. The molecule has 2 aliphatic heterocycles. The quantitative estimate of drug-likeness (QED) is 0.454. The molecular formula is C26H24N4O4. The molecule has 1 N–H and O–H groups in total. The third-order valence-electron chi connectivity index (χ3n) is 6.14. The van der Waals surface area contributed by atoms with E-state index in [1.165, 1.54) is 0 Å². The molecule has 1 saturated heterocycles. The van der Waals surface area contributed by atoms with Crippen molar-refractivity contribution in [1.82, 2.24) is 14.8 Å². The standard InChI is InChI=1S/C26H24N4O4/c27-13-19(26(32)28-14-18-7-8-23-24(11-18)34-17-33-23)12-20-15-30(22-6-2-1-5-21(20)22)16-25(31)29-9-3-4-10-29/h1-2,5-8,11-12,15H,3-4,9-10,14,16-17H2,(H,28,32)/b19-12+. The molecule has 1 aromatic heterocycles. The van der Waals surface area contributed by atoms with E-state index in [-0.39, 0.29) is 31.4 Å². The Morgan fingerprint density at radius 1 is 1.09 bits per heavy atom. The normalized spacial score (nSPS) is 14.9. The van der Waals surface area contributed by atoms with Gasteiger partial charge in [0.1, 0.15) is 18.2 Å². The van der Waals surface area contributed by atoms with Gasteiger partial charge >= 0.3 is 0 Å². The summed E-state index contributed by atoms with van der Waals surface area (Å²) in [6, 6.07) is 15.1. The number of nitrogens with zero attached hydrogens (tertiary/aromatic N) is 3. The Morgan fingerprint density at radius 3 is 2.71 bits per heavy atom. The van der Waals surface area contributed by atoms with Crippen LogP contribution in [0.2, 0.25) is 0 Å². The van der Waals surface area contributed by atoms with Gasteiger partial charge in [-0.05, 0) is 42.7 Å². The number of hydrogen-bond acceptors (Lipinski definition) is 5. The summed E-state index contributed by atoms with van der Waals surface area (Å²) in [7, 11) is 0. The van der Waals surface area contributed by atoms with Gasteiger partial charge in [-0.1, -0.05) is 24.3 Å². The fourth-order valence-corrected chi connectivity index (χ4v) is 4.37. The van der Waals surface area contributed by atoms with E-state index < -0.39 is 5.91 Å². The second-order valence-corrected chi connectivity index (χ2v) is 8.36. The third-order valence-corrected chi connectivity index (χ3v) is 6.14. The molecule has 8 nitrogen and oxygen atoms in total. The minimum atomic E-state index is -0.467. The first-order valence-corrected chi connectivity index (χ1v) is 11.3. The van der Waals surface area contributed by atoms with E-state index in [4.69, 9.17) is 9.47 Å². The number of likely N-dealkylation sites (tertiary alicyclic amines) is 1. The van der Waals surface area contributed by atoms with Crippen molar-refractivity contribution in [1.29, 1.82) is 5.26 Å². The van der Waals surface area contributed by atoms with E-state index >= 15 is 0 Å². The van der Waals surface area contributed by atoms with Gasteiger partial charge in [0.15, 0.2) is 11.5 Å². The predicted octanol–water partition coefficient (Wildman–Crippen LogP) is 3.22. The highest BCUT2D eigenvalue weighted by atomic mass is 16.7. The summed E-state index contributed by atoms with van der Waals surface area (Å²) in [5.41, 5.74) is 2.44. The van der Waals surface area contributed by atoms with E-state index in [9.17, 15) is 14.9 Å². The highest BCUT2D eigenvalue weighted by Crippen LogP contribution is 2.32. The zero-order valence-electron chi connectivity index (χ0n) is 18.6. The lowest BCUT2D eigenvalue weighted by atomic mass is 10.1. The molecule has 3 aromatic rings. The van der Waals surface area contributed by atoms with E-state index in [0.29, 0.717) is 11.5 Å². The maximum atomic E-state index is 12.8. The average molecular weight is 457 g/mol. The molecule has 0 aliphatic carbocycles. The molecule has 0 radical (unpaired) electrons.